The Balaban J connectivity index is 3.12. The molecule has 0 unspecified atom stereocenters. The Morgan fingerprint density at radius 3 is 2.46 bits per heavy atom. The van der Waals surface area contributed by atoms with Gasteiger partial charge in [0.25, 0.3) is 0 Å². The molecular formula is C11H19ClO. The standard InChI is InChI=1S/C11H19ClO/c1-2-3-4-5-6-8-11(13)9-7-10-12/h2H,1,3-10H2. The molecule has 13 heavy (non-hydrogen) atoms. The number of hydrogen-bond donors (Lipinski definition) is 0. The fourth-order valence-electron chi connectivity index (χ4n) is 1.18. The first-order valence-corrected chi connectivity index (χ1v) is 5.53. The van der Waals surface area contributed by atoms with Crippen molar-refractivity contribution in [1.29, 1.82) is 0 Å². The van der Waals surface area contributed by atoms with E-state index < -0.39 is 0 Å². The third-order valence-corrected chi connectivity index (χ3v) is 2.22. The highest BCUT2D eigenvalue weighted by molar-refractivity contribution is 6.17. The molecule has 2 heteroatoms. The molecule has 0 fully saturated rings. The van der Waals surface area contributed by atoms with Crippen LogP contribution >= 0.6 is 11.6 Å². The molecule has 0 aromatic carbocycles. The average molecular weight is 203 g/mol. The van der Waals surface area contributed by atoms with Gasteiger partial charge in [-0.2, -0.15) is 0 Å². The van der Waals surface area contributed by atoms with Gasteiger partial charge in [0.05, 0.1) is 0 Å². The van der Waals surface area contributed by atoms with Gasteiger partial charge in [-0.1, -0.05) is 12.5 Å². The molecule has 1 nitrogen and oxygen atoms in total. The second-order valence-corrected chi connectivity index (χ2v) is 3.60. The van der Waals surface area contributed by atoms with E-state index in [0.717, 1.165) is 38.5 Å². The summed E-state index contributed by atoms with van der Waals surface area (Å²) in [6, 6.07) is 0. The number of alkyl halides is 1. The SMILES string of the molecule is C=CCCCCCC(=O)CCCCl. The predicted octanol–water partition coefficient (Wildman–Crippen LogP) is 3.71. The molecule has 0 aliphatic heterocycles. The molecule has 0 saturated carbocycles. The molecular weight excluding hydrogens is 184 g/mol. The smallest absolute Gasteiger partial charge is 0.132 e. The van der Waals surface area contributed by atoms with Gasteiger partial charge < -0.3 is 0 Å². The van der Waals surface area contributed by atoms with Crippen LogP contribution in [0.5, 0.6) is 0 Å². The summed E-state index contributed by atoms with van der Waals surface area (Å²) in [6.07, 6.45) is 8.52. The zero-order chi connectivity index (χ0) is 9.94. The monoisotopic (exact) mass is 202 g/mol. The zero-order valence-electron chi connectivity index (χ0n) is 8.23. The van der Waals surface area contributed by atoms with Gasteiger partial charge in [0.15, 0.2) is 0 Å². The Kier molecular flexibility index (Phi) is 9.56. The molecule has 0 aromatic rings. The van der Waals surface area contributed by atoms with Gasteiger partial charge in [-0.3, -0.25) is 4.79 Å². The van der Waals surface area contributed by atoms with Gasteiger partial charge in [0, 0.05) is 18.7 Å². The van der Waals surface area contributed by atoms with Crippen LogP contribution in [0.4, 0.5) is 0 Å². The van der Waals surface area contributed by atoms with Crippen LogP contribution in [0.3, 0.4) is 0 Å². The van der Waals surface area contributed by atoms with Crippen molar-refractivity contribution in [2.75, 3.05) is 5.88 Å². The first kappa shape index (κ1) is 12.7. The summed E-state index contributed by atoms with van der Waals surface area (Å²) in [5, 5.41) is 0. The van der Waals surface area contributed by atoms with E-state index in [2.05, 4.69) is 6.58 Å². The van der Waals surface area contributed by atoms with Crippen LogP contribution in [0, 0.1) is 0 Å². The summed E-state index contributed by atoms with van der Waals surface area (Å²) in [5.74, 6) is 0.960. The van der Waals surface area contributed by atoms with Crippen LogP contribution < -0.4 is 0 Å². The minimum atomic E-state index is 0.360. The lowest BCUT2D eigenvalue weighted by molar-refractivity contribution is -0.119. The topological polar surface area (TPSA) is 17.1 Å². The number of carbonyl (C=O) groups is 1. The molecule has 0 atom stereocenters. The molecule has 0 aromatic heterocycles. The minimum absolute atomic E-state index is 0.360. The second kappa shape index (κ2) is 9.79. The van der Waals surface area contributed by atoms with Crippen LogP contribution in [0.2, 0.25) is 0 Å². The van der Waals surface area contributed by atoms with E-state index in [-0.39, 0.29) is 0 Å². The van der Waals surface area contributed by atoms with E-state index in [1.807, 2.05) is 6.08 Å². The second-order valence-electron chi connectivity index (χ2n) is 3.22. The van der Waals surface area contributed by atoms with Crippen molar-refractivity contribution in [1.82, 2.24) is 0 Å². The van der Waals surface area contributed by atoms with Crippen molar-refractivity contribution in [2.45, 2.75) is 44.9 Å². The van der Waals surface area contributed by atoms with Crippen molar-refractivity contribution in [3.05, 3.63) is 12.7 Å². The van der Waals surface area contributed by atoms with Crippen LogP contribution in [-0.4, -0.2) is 11.7 Å². The average Bonchev–Trinajstić information content (AvgIpc) is 2.14. The van der Waals surface area contributed by atoms with E-state index >= 15 is 0 Å². The molecule has 0 bridgehead atoms. The van der Waals surface area contributed by atoms with Crippen molar-refractivity contribution >= 4 is 17.4 Å². The number of Topliss-reactive ketones (excluding diaryl/α,β-unsaturated/α-hetero) is 1. The molecule has 0 radical (unpaired) electrons. The summed E-state index contributed by atoms with van der Waals surface area (Å²) >= 11 is 5.48. The van der Waals surface area contributed by atoms with Crippen LogP contribution in [0.15, 0.2) is 12.7 Å². The normalized spacial score (nSPS) is 9.92. The van der Waals surface area contributed by atoms with Gasteiger partial charge in [-0.15, -0.1) is 18.2 Å². The third-order valence-electron chi connectivity index (χ3n) is 1.95. The van der Waals surface area contributed by atoms with Crippen molar-refractivity contribution < 1.29 is 4.79 Å². The maximum Gasteiger partial charge on any atom is 0.132 e. The van der Waals surface area contributed by atoms with Crippen LogP contribution in [0.1, 0.15) is 44.9 Å². The Labute approximate surface area is 86.2 Å². The summed E-state index contributed by atoms with van der Waals surface area (Å²) in [5.41, 5.74) is 0. The highest BCUT2D eigenvalue weighted by atomic mass is 35.5. The quantitative estimate of drug-likeness (QED) is 0.317. The molecule has 0 heterocycles. The van der Waals surface area contributed by atoms with E-state index in [1.54, 1.807) is 0 Å². The Morgan fingerprint density at radius 1 is 1.15 bits per heavy atom. The number of halogens is 1. The van der Waals surface area contributed by atoms with E-state index in [4.69, 9.17) is 11.6 Å². The molecule has 0 amide bonds. The van der Waals surface area contributed by atoms with Gasteiger partial charge in [-0.25, -0.2) is 0 Å². The lowest BCUT2D eigenvalue weighted by Crippen LogP contribution is -1.97. The fourth-order valence-corrected chi connectivity index (χ4v) is 1.31. The summed E-state index contributed by atoms with van der Waals surface area (Å²) in [6.45, 7) is 3.65. The first-order valence-electron chi connectivity index (χ1n) is 4.99. The molecule has 0 rings (SSSR count). The molecule has 0 saturated heterocycles. The van der Waals surface area contributed by atoms with Crippen molar-refractivity contribution in [2.24, 2.45) is 0 Å². The van der Waals surface area contributed by atoms with Gasteiger partial charge >= 0.3 is 0 Å². The lowest BCUT2D eigenvalue weighted by Gasteiger charge is -1.98. The van der Waals surface area contributed by atoms with E-state index in [9.17, 15) is 4.79 Å². The minimum Gasteiger partial charge on any atom is -0.300 e. The van der Waals surface area contributed by atoms with E-state index in [0.29, 0.717) is 18.1 Å². The predicted molar refractivity (Wildman–Crippen MR) is 58.2 cm³/mol. The number of hydrogen-bond acceptors (Lipinski definition) is 1. The summed E-state index contributed by atoms with van der Waals surface area (Å²) < 4.78 is 0. The number of allylic oxidation sites excluding steroid dienone is 1. The summed E-state index contributed by atoms with van der Waals surface area (Å²) in [7, 11) is 0. The maximum atomic E-state index is 11.2. The molecule has 76 valence electrons. The van der Waals surface area contributed by atoms with Gasteiger partial charge in [-0.05, 0) is 25.7 Å². The first-order chi connectivity index (χ1) is 6.31. The van der Waals surface area contributed by atoms with Crippen molar-refractivity contribution in [3.63, 3.8) is 0 Å². The number of ketones is 1. The van der Waals surface area contributed by atoms with Crippen LogP contribution in [-0.2, 0) is 4.79 Å². The third kappa shape index (κ3) is 9.62. The number of unbranched alkanes of at least 4 members (excludes halogenated alkanes) is 3. The molecule has 0 aliphatic rings. The van der Waals surface area contributed by atoms with Crippen molar-refractivity contribution in [3.8, 4) is 0 Å². The van der Waals surface area contributed by atoms with Gasteiger partial charge in [0.1, 0.15) is 5.78 Å². The molecule has 0 spiro atoms. The summed E-state index contributed by atoms with van der Waals surface area (Å²) in [4.78, 5) is 11.2. The zero-order valence-corrected chi connectivity index (χ0v) is 8.98. The number of carbonyl (C=O) groups excluding carboxylic acids is 1. The molecule has 0 aliphatic carbocycles. The van der Waals surface area contributed by atoms with Gasteiger partial charge in [0.2, 0.25) is 0 Å². The largest absolute Gasteiger partial charge is 0.300 e. The Hall–Kier alpha value is -0.300. The Bertz CT molecular complexity index is 143. The fraction of sp³-hybridized carbons (Fsp3) is 0.727. The highest BCUT2D eigenvalue weighted by Gasteiger charge is 2.00. The number of rotatable bonds is 9. The lowest BCUT2D eigenvalue weighted by atomic mass is 10.1. The van der Waals surface area contributed by atoms with Crippen LogP contribution in [0.25, 0.3) is 0 Å². The highest BCUT2D eigenvalue weighted by Crippen LogP contribution is 2.06. The van der Waals surface area contributed by atoms with E-state index in [1.165, 1.54) is 0 Å². The Morgan fingerprint density at radius 2 is 1.85 bits per heavy atom. The maximum absolute atomic E-state index is 11.2. The molecule has 0 N–H and O–H groups in total.